The number of rotatable bonds is 10. The summed E-state index contributed by atoms with van der Waals surface area (Å²) < 4.78 is 46.7. The molecule has 5 rings (SSSR count). The highest BCUT2D eigenvalue weighted by Gasteiger charge is 2.50. The Hall–Kier alpha value is -3.80. The van der Waals surface area contributed by atoms with Crippen molar-refractivity contribution in [3.63, 3.8) is 0 Å². The van der Waals surface area contributed by atoms with Crippen LogP contribution in [0.2, 0.25) is 5.04 Å². The van der Waals surface area contributed by atoms with E-state index in [9.17, 15) is 4.91 Å². The fraction of sp³-hybridized carbons (Fsp3) is 0.394. The van der Waals surface area contributed by atoms with Gasteiger partial charge in [0.05, 0.1) is 31.0 Å². The number of hydrogen-bond donors (Lipinski definition) is 0. The largest absolute Gasteiger partial charge is 0.403 e. The predicted octanol–water partition coefficient (Wildman–Crippen LogP) is 5.75. The van der Waals surface area contributed by atoms with Crippen LogP contribution in [0.5, 0.6) is 0 Å². The average molecular weight is 620 g/mol. The highest BCUT2D eigenvalue weighted by molar-refractivity contribution is 6.99. The average Bonchev–Trinajstić information content (AvgIpc) is 3.51. The smallest absolute Gasteiger partial charge is 0.261 e. The molecule has 232 valence electrons. The molecule has 44 heavy (non-hydrogen) atoms. The fourth-order valence-corrected chi connectivity index (χ4v) is 10.9. The van der Waals surface area contributed by atoms with Crippen molar-refractivity contribution in [1.82, 2.24) is 14.8 Å². The minimum Gasteiger partial charge on any atom is -0.403 e. The maximum atomic E-state index is 16.4. The minimum absolute atomic E-state index is 0.0121. The van der Waals surface area contributed by atoms with Gasteiger partial charge < -0.3 is 14.1 Å². The van der Waals surface area contributed by atoms with E-state index in [2.05, 4.69) is 60.3 Å². The zero-order chi connectivity index (χ0) is 31.5. The Labute approximate surface area is 258 Å². The summed E-state index contributed by atoms with van der Waals surface area (Å²) >= 11 is 0. The van der Waals surface area contributed by atoms with Gasteiger partial charge in [-0.1, -0.05) is 86.6 Å². The first-order valence-corrected chi connectivity index (χ1v) is 16.8. The normalized spacial score (nSPS) is 18.3. The van der Waals surface area contributed by atoms with Crippen molar-refractivity contribution in [3.05, 3.63) is 107 Å². The molecule has 1 aromatic heterocycles. The van der Waals surface area contributed by atoms with Crippen LogP contribution >= 0.6 is 0 Å². The van der Waals surface area contributed by atoms with Crippen molar-refractivity contribution in [1.29, 1.82) is 0 Å². The van der Waals surface area contributed by atoms with Gasteiger partial charge in [-0.25, -0.2) is 13.8 Å². The van der Waals surface area contributed by atoms with Crippen LogP contribution in [0.15, 0.2) is 84.6 Å². The number of nitrogens with zero attached hydrogens (tertiary/aromatic N) is 5. The number of nitroso groups, excluding NO2 is 1. The Morgan fingerprint density at radius 1 is 1.00 bits per heavy atom. The van der Waals surface area contributed by atoms with Gasteiger partial charge in [0.25, 0.3) is 8.32 Å². The second-order valence-electron chi connectivity index (χ2n) is 12.5. The predicted molar refractivity (Wildman–Crippen MR) is 170 cm³/mol. The molecule has 3 unspecified atom stereocenters. The number of morpholine rings is 1. The van der Waals surface area contributed by atoms with Gasteiger partial charge in [-0.05, 0) is 35.3 Å². The highest BCUT2D eigenvalue weighted by atomic mass is 28.4. The standard InChI is InChI=1S/C33H39F2N5O3Si/c1-23-17-39(18-24(2)43-23)32-25(16-28(30(34)31(32)35)29(38-41)19-40-22-36-21-37-40)20-42-44(33(3,4)5,26-12-8-6-9-13-26)27-14-10-7-11-15-27/h6-16,21-24,29H,17-20H2,1-5H3. The monoisotopic (exact) mass is 619 g/mol. The first-order valence-electron chi connectivity index (χ1n) is 14.9. The first kappa shape index (κ1) is 31.6. The van der Waals surface area contributed by atoms with E-state index in [0.717, 1.165) is 10.4 Å². The number of anilines is 1. The molecule has 8 nitrogen and oxygen atoms in total. The molecule has 0 spiro atoms. The Kier molecular flexibility index (Phi) is 9.38. The number of aromatic nitrogens is 3. The third-order valence-electron chi connectivity index (χ3n) is 8.20. The SMILES string of the molecule is CC1CN(c2c(CO[Si](c3ccccc3)(c3ccccc3)C(C)(C)C)cc(C(Cn3cncn3)N=O)c(F)c2F)CC(C)O1. The molecule has 11 heteroatoms. The molecular weight excluding hydrogens is 580 g/mol. The molecule has 0 radical (unpaired) electrons. The van der Waals surface area contributed by atoms with E-state index in [1.807, 2.05) is 55.1 Å². The van der Waals surface area contributed by atoms with Gasteiger partial charge in [0.2, 0.25) is 0 Å². The Balaban J connectivity index is 1.66. The molecule has 0 aliphatic carbocycles. The van der Waals surface area contributed by atoms with E-state index in [-0.39, 0.29) is 41.6 Å². The van der Waals surface area contributed by atoms with Crippen LogP contribution in [0.25, 0.3) is 0 Å². The molecule has 0 amide bonds. The summed E-state index contributed by atoms with van der Waals surface area (Å²) in [5, 5.41) is 8.99. The van der Waals surface area contributed by atoms with Gasteiger partial charge in [0.15, 0.2) is 11.6 Å². The molecule has 1 saturated heterocycles. The van der Waals surface area contributed by atoms with Gasteiger partial charge in [0, 0.05) is 24.2 Å². The first-order chi connectivity index (χ1) is 21.0. The van der Waals surface area contributed by atoms with Crippen LogP contribution in [0.3, 0.4) is 0 Å². The second kappa shape index (κ2) is 13.1. The molecule has 0 N–H and O–H groups in total. The lowest BCUT2D eigenvalue weighted by Crippen LogP contribution is -2.66. The van der Waals surface area contributed by atoms with Crippen molar-refractivity contribution in [2.75, 3.05) is 18.0 Å². The van der Waals surface area contributed by atoms with Gasteiger partial charge in [-0.2, -0.15) is 10.0 Å². The summed E-state index contributed by atoms with van der Waals surface area (Å²) in [6.45, 7) is 11.0. The number of hydrogen-bond acceptors (Lipinski definition) is 7. The minimum atomic E-state index is -3.03. The van der Waals surface area contributed by atoms with Crippen LogP contribution in [0, 0.1) is 16.5 Å². The molecule has 1 aliphatic heterocycles. The van der Waals surface area contributed by atoms with Crippen LogP contribution < -0.4 is 15.3 Å². The molecular formula is C33H39F2N5O3Si. The van der Waals surface area contributed by atoms with Crippen LogP contribution in [0.1, 0.15) is 51.8 Å². The highest BCUT2D eigenvalue weighted by Crippen LogP contribution is 2.40. The topological polar surface area (TPSA) is 81.8 Å². The lowest BCUT2D eigenvalue weighted by molar-refractivity contribution is -0.00553. The maximum Gasteiger partial charge on any atom is 0.261 e. The molecule has 0 bridgehead atoms. The molecule has 1 fully saturated rings. The van der Waals surface area contributed by atoms with Crippen LogP contribution in [-0.4, -0.2) is 48.4 Å². The van der Waals surface area contributed by atoms with E-state index in [1.165, 1.54) is 17.3 Å². The molecule has 4 aromatic rings. The van der Waals surface area contributed by atoms with Crippen molar-refractivity contribution in [2.45, 2.75) is 71.1 Å². The summed E-state index contributed by atoms with van der Waals surface area (Å²) in [6.07, 6.45) is 2.34. The summed E-state index contributed by atoms with van der Waals surface area (Å²) in [6, 6.07) is 20.6. The van der Waals surface area contributed by atoms with E-state index in [1.54, 1.807) is 6.07 Å². The molecule has 0 saturated carbocycles. The summed E-state index contributed by atoms with van der Waals surface area (Å²) in [5.41, 5.74) is 0.421. The Morgan fingerprint density at radius 3 is 2.09 bits per heavy atom. The number of halogens is 2. The summed E-state index contributed by atoms with van der Waals surface area (Å²) in [7, 11) is -3.03. The van der Waals surface area contributed by atoms with E-state index < -0.39 is 26.0 Å². The Bertz CT molecular complexity index is 1500. The molecule has 2 heterocycles. The maximum absolute atomic E-state index is 16.4. The van der Waals surface area contributed by atoms with Crippen LogP contribution in [0.4, 0.5) is 14.5 Å². The lowest BCUT2D eigenvalue weighted by Gasteiger charge is -2.43. The number of ether oxygens (including phenoxy) is 1. The van der Waals surface area contributed by atoms with Crippen molar-refractivity contribution >= 4 is 24.4 Å². The zero-order valence-corrected chi connectivity index (χ0v) is 26.8. The fourth-order valence-electron chi connectivity index (χ4n) is 6.39. The molecule has 1 aliphatic rings. The van der Waals surface area contributed by atoms with Crippen LogP contribution in [-0.2, 0) is 22.3 Å². The quantitative estimate of drug-likeness (QED) is 0.166. The van der Waals surface area contributed by atoms with Gasteiger partial charge in [-0.15, -0.1) is 0 Å². The summed E-state index contributed by atoms with van der Waals surface area (Å²) in [5.74, 6) is -2.14. The Morgan fingerprint density at radius 2 is 1.59 bits per heavy atom. The molecule has 3 aromatic carbocycles. The number of benzene rings is 3. The van der Waals surface area contributed by atoms with Gasteiger partial charge in [-0.3, -0.25) is 4.68 Å². The van der Waals surface area contributed by atoms with Crippen molar-refractivity contribution in [3.8, 4) is 0 Å². The van der Waals surface area contributed by atoms with E-state index in [0.29, 0.717) is 18.7 Å². The van der Waals surface area contributed by atoms with Gasteiger partial charge in [0.1, 0.15) is 18.7 Å². The third-order valence-corrected chi connectivity index (χ3v) is 13.2. The van der Waals surface area contributed by atoms with E-state index in [4.69, 9.17) is 9.16 Å². The van der Waals surface area contributed by atoms with Crippen molar-refractivity contribution in [2.24, 2.45) is 5.18 Å². The molecule has 3 atom stereocenters. The van der Waals surface area contributed by atoms with Gasteiger partial charge >= 0.3 is 0 Å². The summed E-state index contributed by atoms with van der Waals surface area (Å²) in [4.78, 5) is 17.8. The lowest BCUT2D eigenvalue weighted by atomic mass is 10.00. The van der Waals surface area contributed by atoms with E-state index >= 15 is 8.78 Å². The third kappa shape index (κ3) is 6.22. The zero-order valence-electron chi connectivity index (χ0n) is 25.8. The second-order valence-corrected chi connectivity index (χ2v) is 16.8. The van der Waals surface area contributed by atoms with Crippen molar-refractivity contribution < 1.29 is 17.9 Å².